The molecule has 0 atom stereocenters. The lowest BCUT2D eigenvalue weighted by Crippen LogP contribution is -2.20. The van der Waals surface area contributed by atoms with Crippen LogP contribution in [0, 0.1) is 18.7 Å². The van der Waals surface area contributed by atoms with Gasteiger partial charge in [-0.05, 0) is 25.1 Å². The summed E-state index contributed by atoms with van der Waals surface area (Å²) >= 11 is 0. The van der Waals surface area contributed by atoms with Crippen LogP contribution >= 0.6 is 0 Å². The molecule has 4 heterocycles. The fourth-order valence-electron chi connectivity index (χ4n) is 3.93. The number of rotatable bonds is 4. The first-order chi connectivity index (χ1) is 15.8. The number of carbonyl (C=O) groups excluding carboxylic acids is 1. The van der Waals surface area contributed by atoms with Gasteiger partial charge in [0.2, 0.25) is 5.95 Å². The third-order valence-electron chi connectivity index (χ3n) is 5.63. The Morgan fingerprint density at radius 1 is 1.18 bits per heavy atom. The average molecular weight is 451 g/mol. The third kappa shape index (κ3) is 3.65. The Morgan fingerprint density at radius 2 is 2.00 bits per heavy atom. The van der Waals surface area contributed by atoms with Gasteiger partial charge in [0.15, 0.2) is 5.82 Å². The number of nitrogens with one attached hydrogen (secondary N) is 2. The minimum Gasteiger partial charge on any atom is -0.354 e. The molecular formula is C22H19F2N7O2. The number of hydrogen-bond acceptors (Lipinski definition) is 6. The van der Waals surface area contributed by atoms with E-state index in [-0.39, 0.29) is 22.6 Å². The first kappa shape index (κ1) is 20.9. The predicted molar refractivity (Wildman–Crippen MR) is 115 cm³/mol. The maximum atomic E-state index is 15.0. The Morgan fingerprint density at radius 3 is 2.73 bits per heavy atom. The number of hydrogen-bond donors (Lipinski definition) is 2. The summed E-state index contributed by atoms with van der Waals surface area (Å²) in [6, 6.07) is 6.23. The van der Waals surface area contributed by atoms with Crippen LogP contribution in [-0.2, 0) is 19.6 Å². The minimum absolute atomic E-state index is 0.0197. The standard InChI is InChI=1S/C22H19F2N7O2/c1-11-21(32)28-19-14(26-11)4-3-12(18(19)23)7-30-8-13-9-31(29-16(13)10-30)17-6-5-15(22(33)25-2)27-20(17)24/h3-6,9H,7-8,10H2,1-2H3,(H,25,33)(H,28,32). The molecule has 1 aromatic carbocycles. The smallest absolute Gasteiger partial charge is 0.269 e. The second kappa shape index (κ2) is 7.85. The number of aryl methyl sites for hydroxylation is 1. The maximum absolute atomic E-state index is 15.0. The molecule has 33 heavy (non-hydrogen) atoms. The van der Waals surface area contributed by atoms with Gasteiger partial charge in [-0.1, -0.05) is 6.07 Å². The number of H-pyrrole nitrogens is 1. The van der Waals surface area contributed by atoms with E-state index < -0.39 is 23.2 Å². The highest BCUT2D eigenvalue weighted by atomic mass is 19.1. The molecule has 0 radical (unpaired) electrons. The first-order valence-corrected chi connectivity index (χ1v) is 10.2. The van der Waals surface area contributed by atoms with Crippen molar-refractivity contribution in [2.75, 3.05) is 7.05 Å². The Labute approximate surface area is 186 Å². The van der Waals surface area contributed by atoms with Gasteiger partial charge < -0.3 is 10.3 Å². The van der Waals surface area contributed by atoms with E-state index in [9.17, 15) is 14.0 Å². The molecule has 9 nitrogen and oxygen atoms in total. The van der Waals surface area contributed by atoms with Crippen molar-refractivity contribution in [3.8, 4) is 5.69 Å². The van der Waals surface area contributed by atoms with Gasteiger partial charge in [-0.2, -0.15) is 9.49 Å². The molecule has 168 valence electrons. The lowest BCUT2D eigenvalue weighted by molar-refractivity contribution is 0.0957. The van der Waals surface area contributed by atoms with Gasteiger partial charge in [0, 0.05) is 44.0 Å². The number of aromatic nitrogens is 5. The van der Waals surface area contributed by atoms with E-state index in [0.717, 1.165) is 11.3 Å². The van der Waals surface area contributed by atoms with Crippen LogP contribution < -0.4 is 10.9 Å². The molecule has 0 saturated carbocycles. The van der Waals surface area contributed by atoms with Crippen LogP contribution in [0.1, 0.15) is 33.0 Å². The number of pyridine rings is 1. The largest absolute Gasteiger partial charge is 0.354 e. The highest BCUT2D eigenvalue weighted by Gasteiger charge is 2.25. The zero-order valence-electron chi connectivity index (χ0n) is 17.8. The minimum atomic E-state index is -0.801. The molecule has 0 aliphatic carbocycles. The van der Waals surface area contributed by atoms with E-state index in [1.165, 1.54) is 23.9 Å². The molecule has 0 unspecified atom stereocenters. The zero-order chi connectivity index (χ0) is 23.3. The van der Waals surface area contributed by atoms with Crippen LogP contribution in [-0.4, -0.2) is 42.6 Å². The first-order valence-electron chi connectivity index (χ1n) is 10.2. The van der Waals surface area contributed by atoms with Crippen molar-refractivity contribution in [1.29, 1.82) is 0 Å². The van der Waals surface area contributed by atoms with Crippen molar-refractivity contribution in [3.05, 3.63) is 80.8 Å². The summed E-state index contributed by atoms with van der Waals surface area (Å²) in [5.41, 5.74) is 2.53. The van der Waals surface area contributed by atoms with Crippen molar-refractivity contribution in [3.63, 3.8) is 0 Å². The number of fused-ring (bicyclic) bond motifs is 2. The Hall–Kier alpha value is -3.99. The molecule has 0 fully saturated rings. The van der Waals surface area contributed by atoms with E-state index in [4.69, 9.17) is 0 Å². The highest BCUT2D eigenvalue weighted by molar-refractivity contribution is 5.92. The highest BCUT2D eigenvalue weighted by Crippen LogP contribution is 2.27. The average Bonchev–Trinajstić information content (AvgIpc) is 3.35. The van der Waals surface area contributed by atoms with Crippen molar-refractivity contribution >= 4 is 16.9 Å². The lowest BCUT2D eigenvalue weighted by atomic mass is 10.1. The molecule has 1 aliphatic heterocycles. The van der Waals surface area contributed by atoms with E-state index in [2.05, 4.69) is 25.4 Å². The number of carbonyl (C=O) groups is 1. The maximum Gasteiger partial charge on any atom is 0.269 e. The summed E-state index contributed by atoms with van der Waals surface area (Å²) in [5.74, 6) is -1.78. The summed E-state index contributed by atoms with van der Waals surface area (Å²) in [5, 5.41) is 6.84. The molecule has 3 aromatic heterocycles. The normalized spacial score (nSPS) is 13.5. The van der Waals surface area contributed by atoms with E-state index in [1.807, 2.05) is 4.90 Å². The number of aromatic amines is 1. The summed E-state index contributed by atoms with van der Waals surface area (Å²) in [4.78, 5) is 35.8. The van der Waals surface area contributed by atoms with Gasteiger partial charge >= 0.3 is 0 Å². The van der Waals surface area contributed by atoms with Crippen LogP contribution in [0.25, 0.3) is 16.7 Å². The van der Waals surface area contributed by atoms with Crippen LogP contribution in [0.5, 0.6) is 0 Å². The van der Waals surface area contributed by atoms with Crippen LogP contribution in [0.4, 0.5) is 8.78 Å². The van der Waals surface area contributed by atoms with Crippen molar-refractivity contribution in [2.45, 2.75) is 26.6 Å². The molecule has 1 aliphatic rings. The van der Waals surface area contributed by atoms with Crippen molar-refractivity contribution < 1.29 is 13.6 Å². The molecule has 1 amide bonds. The van der Waals surface area contributed by atoms with Crippen molar-refractivity contribution in [2.24, 2.45) is 0 Å². The number of nitrogens with zero attached hydrogens (tertiary/aromatic N) is 5. The van der Waals surface area contributed by atoms with Gasteiger partial charge in [0.1, 0.15) is 22.6 Å². The van der Waals surface area contributed by atoms with Gasteiger partial charge in [-0.15, -0.1) is 0 Å². The Balaban J connectivity index is 1.35. The number of amides is 1. The summed E-state index contributed by atoms with van der Waals surface area (Å²) in [6.07, 6.45) is 1.70. The molecular weight excluding hydrogens is 432 g/mol. The topological polar surface area (TPSA) is 109 Å². The molecule has 0 bridgehead atoms. The summed E-state index contributed by atoms with van der Waals surface area (Å²) < 4.78 is 30.8. The van der Waals surface area contributed by atoms with Crippen molar-refractivity contribution in [1.82, 2.24) is 34.9 Å². The van der Waals surface area contributed by atoms with Crippen LogP contribution in [0.15, 0.2) is 35.3 Å². The number of halogens is 2. The molecule has 0 spiro atoms. The van der Waals surface area contributed by atoms with Crippen LogP contribution in [0.2, 0.25) is 0 Å². The molecule has 2 N–H and O–H groups in total. The Kier molecular flexibility index (Phi) is 4.97. The lowest BCUT2D eigenvalue weighted by Gasteiger charge is -2.16. The fourth-order valence-corrected chi connectivity index (χ4v) is 3.93. The fraction of sp³-hybridized carbons (Fsp3) is 0.227. The second-order valence-corrected chi connectivity index (χ2v) is 7.86. The van der Waals surface area contributed by atoms with E-state index in [0.29, 0.717) is 30.7 Å². The summed E-state index contributed by atoms with van der Waals surface area (Å²) in [6.45, 7) is 2.84. The quantitative estimate of drug-likeness (QED) is 0.459. The van der Waals surface area contributed by atoms with Gasteiger partial charge in [0.25, 0.3) is 11.5 Å². The van der Waals surface area contributed by atoms with Gasteiger partial charge in [-0.25, -0.2) is 19.0 Å². The van der Waals surface area contributed by atoms with E-state index >= 15 is 4.39 Å². The monoisotopic (exact) mass is 451 g/mol. The molecule has 5 rings (SSSR count). The SMILES string of the molecule is CNC(=O)c1ccc(-n2cc3c(n2)CN(Cc2ccc4nc(C)c(=O)[nH]c4c2F)C3)c(F)n1. The zero-order valence-corrected chi connectivity index (χ0v) is 17.8. The molecule has 0 saturated heterocycles. The van der Waals surface area contributed by atoms with Gasteiger partial charge in [0.05, 0.1) is 11.2 Å². The molecule has 11 heteroatoms. The van der Waals surface area contributed by atoms with E-state index in [1.54, 1.807) is 25.3 Å². The third-order valence-corrected chi connectivity index (χ3v) is 5.63. The van der Waals surface area contributed by atoms with Gasteiger partial charge in [-0.3, -0.25) is 14.5 Å². The number of benzene rings is 1. The summed E-state index contributed by atoms with van der Waals surface area (Å²) in [7, 11) is 1.45. The predicted octanol–water partition coefficient (Wildman–Crippen LogP) is 1.97. The molecule has 4 aromatic rings. The van der Waals surface area contributed by atoms with Crippen LogP contribution in [0.3, 0.4) is 0 Å². The Bertz CT molecular complexity index is 1450. The second-order valence-electron chi connectivity index (χ2n) is 7.86.